The number of hydrogen-bond acceptors (Lipinski definition) is 5. The van der Waals surface area contributed by atoms with E-state index in [1.165, 1.54) is 24.3 Å². The van der Waals surface area contributed by atoms with Crippen molar-refractivity contribution in [2.75, 3.05) is 5.32 Å². The van der Waals surface area contributed by atoms with Gasteiger partial charge in [0.15, 0.2) is 23.6 Å². The number of para-hydroxylation sites is 1. The molecular weight excluding hydrogens is 393 g/mol. The lowest BCUT2D eigenvalue weighted by atomic mass is 10.2. The normalized spacial score (nSPS) is 12.3. The predicted octanol–water partition coefficient (Wildman–Crippen LogP) is 4.30. The number of anilines is 1. The van der Waals surface area contributed by atoms with E-state index in [4.69, 9.17) is 4.74 Å². The van der Waals surface area contributed by atoms with E-state index in [2.05, 4.69) is 4.98 Å². The quantitative estimate of drug-likeness (QED) is 0.390. The van der Waals surface area contributed by atoms with Gasteiger partial charge in [-0.15, -0.1) is 11.3 Å². The van der Waals surface area contributed by atoms with E-state index in [0.717, 1.165) is 22.4 Å². The maximum Gasteiger partial charge on any atom is 0.331 e. The first kappa shape index (κ1) is 19.6. The number of nitrogens with one attached hydrogen (secondary N) is 1. The smallest absolute Gasteiger partial charge is 0.331 e. The van der Waals surface area contributed by atoms with Gasteiger partial charge in [-0.3, -0.25) is 4.79 Å². The van der Waals surface area contributed by atoms with Crippen molar-refractivity contribution >= 4 is 45.2 Å². The second kappa shape index (κ2) is 8.22. The van der Waals surface area contributed by atoms with Gasteiger partial charge in [0.25, 0.3) is 5.91 Å². The molecule has 0 aliphatic rings. The number of carbonyl (C=O) groups is 2. The van der Waals surface area contributed by atoms with E-state index in [0.29, 0.717) is 11.1 Å². The van der Waals surface area contributed by atoms with Gasteiger partial charge in [-0.05, 0) is 37.3 Å². The number of ether oxygens (including phenoxy) is 1. The van der Waals surface area contributed by atoms with Crippen LogP contribution in [0.4, 0.5) is 18.9 Å². The van der Waals surface area contributed by atoms with Gasteiger partial charge in [0.1, 0.15) is 5.01 Å². The molecule has 5 nitrogen and oxygen atoms in total. The van der Waals surface area contributed by atoms with Gasteiger partial charge in [0, 0.05) is 6.08 Å². The second-order valence-electron chi connectivity index (χ2n) is 5.64. The summed E-state index contributed by atoms with van der Waals surface area (Å²) in [5.41, 5.74) is 0.235. The molecule has 0 saturated heterocycles. The average Bonchev–Trinajstić information content (AvgIpc) is 3.09. The van der Waals surface area contributed by atoms with Crippen LogP contribution >= 0.6 is 11.3 Å². The summed E-state index contributed by atoms with van der Waals surface area (Å²) in [5.74, 6) is -6.34. The van der Waals surface area contributed by atoms with Crippen LogP contribution in [0.25, 0.3) is 16.3 Å². The molecule has 0 aliphatic carbocycles. The molecule has 1 aromatic heterocycles. The number of hydrogen-bond donors (Lipinski definition) is 1. The van der Waals surface area contributed by atoms with Gasteiger partial charge in [-0.1, -0.05) is 12.1 Å². The van der Waals surface area contributed by atoms with Gasteiger partial charge in [-0.25, -0.2) is 22.9 Å². The van der Waals surface area contributed by atoms with E-state index in [1.54, 1.807) is 0 Å². The molecule has 0 bridgehead atoms. The van der Waals surface area contributed by atoms with Crippen molar-refractivity contribution in [3.05, 3.63) is 64.9 Å². The topological polar surface area (TPSA) is 68.3 Å². The summed E-state index contributed by atoms with van der Waals surface area (Å²) in [6.45, 7) is 1.26. The summed E-state index contributed by atoms with van der Waals surface area (Å²) < 4.78 is 45.6. The number of esters is 1. The number of amides is 1. The SMILES string of the molecule is C[C@H](OC(=O)/C=C/c1nc2ccccc2s1)C(=O)Nc1ccc(F)c(F)c1F. The third-order valence-electron chi connectivity index (χ3n) is 3.63. The minimum Gasteiger partial charge on any atom is -0.449 e. The third-order valence-corrected chi connectivity index (χ3v) is 4.63. The monoisotopic (exact) mass is 406 g/mol. The summed E-state index contributed by atoms with van der Waals surface area (Å²) in [6, 6.07) is 8.99. The zero-order chi connectivity index (χ0) is 20.3. The molecule has 0 spiro atoms. The van der Waals surface area contributed by atoms with Crippen LogP contribution in [0.1, 0.15) is 11.9 Å². The highest BCUT2D eigenvalue weighted by atomic mass is 32.1. The Labute approximate surface area is 161 Å². The molecule has 1 heterocycles. The lowest BCUT2D eigenvalue weighted by molar-refractivity contribution is -0.148. The van der Waals surface area contributed by atoms with E-state index < -0.39 is 41.1 Å². The fourth-order valence-electron chi connectivity index (χ4n) is 2.22. The zero-order valence-corrected chi connectivity index (χ0v) is 15.2. The van der Waals surface area contributed by atoms with E-state index in [9.17, 15) is 22.8 Å². The summed E-state index contributed by atoms with van der Waals surface area (Å²) >= 11 is 1.38. The molecule has 0 unspecified atom stereocenters. The van der Waals surface area contributed by atoms with Crippen LogP contribution in [0.3, 0.4) is 0 Å². The molecule has 1 N–H and O–H groups in total. The van der Waals surface area contributed by atoms with E-state index in [1.807, 2.05) is 29.6 Å². The molecule has 0 radical (unpaired) electrons. The van der Waals surface area contributed by atoms with Crippen LogP contribution in [-0.2, 0) is 14.3 Å². The number of thiazole rings is 1. The molecule has 9 heteroatoms. The van der Waals surface area contributed by atoms with Crippen LogP contribution < -0.4 is 5.32 Å². The van der Waals surface area contributed by atoms with Crippen molar-refractivity contribution in [1.29, 1.82) is 0 Å². The Balaban J connectivity index is 1.60. The standard InChI is InChI=1S/C19H13F3N2O3S/c1-10(19(26)24-13-7-6-11(20)17(21)18(13)22)27-16(25)9-8-15-23-12-4-2-3-5-14(12)28-15/h2-10H,1H3,(H,24,26)/b9-8+/t10-/m0/s1. The molecule has 2 aromatic carbocycles. The fraction of sp³-hybridized carbons (Fsp3) is 0.105. The summed E-state index contributed by atoms with van der Waals surface area (Å²) in [6.07, 6.45) is 1.27. The minimum absolute atomic E-state index is 0.559. The predicted molar refractivity (Wildman–Crippen MR) is 99.2 cm³/mol. The highest BCUT2D eigenvalue weighted by molar-refractivity contribution is 7.19. The largest absolute Gasteiger partial charge is 0.449 e. The van der Waals surface area contributed by atoms with Crippen molar-refractivity contribution in [2.45, 2.75) is 13.0 Å². The van der Waals surface area contributed by atoms with Gasteiger partial charge in [0.05, 0.1) is 15.9 Å². The summed E-state index contributed by atoms with van der Waals surface area (Å²) in [4.78, 5) is 28.2. The highest BCUT2D eigenvalue weighted by Crippen LogP contribution is 2.22. The first-order valence-corrected chi connectivity index (χ1v) is 8.85. The number of benzene rings is 2. The van der Waals surface area contributed by atoms with Crippen molar-refractivity contribution in [3.8, 4) is 0 Å². The minimum atomic E-state index is -1.71. The number of fused-ring (bicyclic) bond motifs is 1. The lowest BCUT2D eigenvalue weighted by Gasteiger charge is -2.13. The lowest BCUT2D eigenvalue weighted by Crippen LogP contribution is -2.29. The Bertz CT molecular complexity index is 1050. The maximum absolute atomic E-state index is 13.6. The first-order valence-electron chi connectivity index (χ1n) is 8.04. The fourth-order valence-corrected chi connectivity index (χ4v) is 3.09. The van der Waals surface area contributed by atoms with Crippen LogP contribution in [0.15, 0.2) is 42.5 Å². The van der Waals surface area contributed by atoms with Gasteiger partial charge in [-0.2, -0.15) is 0 Å². The van der Waals surface area contributed by atoms with Crippen molar-refractivity contribution in [2.24, 2.45) is 0 Å². The van der Waals surface area contributed by atoms with Crippen LogP contribution in [0.2, 0.25) is 0 Å². The Kier molecular flexibility index (Phi) is 5.74. The number of rotatable bonds is 5. The number of aromatic nitrogens is 1. The Morgan fingerprint density at radius 2 is 1.89 bits per heavy atom. The molecule has 3 aromatic rings. The van der Waals surface area contributed by atoms with Crippen molar-refractivity contribution < 1.29 is 27.5 Å². The molecule has 0 aliphatic heterocycles. The van der Waals surface area contributed by atoms with Crippen LogP contribution in [0, 0.1) is 17.5 Å². The van der Waals surface area contributed by atoms with Gasteiger partial charge < -0.3 is 10.1 Å². The highest BCUT2D eigenvalue weighted by Gasteiger charge is 2.20. The van der Waals surface area contributed by atoms with E-state index in [-0.39, 0.29) is 0 Å². The molecule has 0 fully saturated rings. The van der Waals surface area contributed by atoms with Crippen molar-refractivity contribution in [1.82, 2.24) is 4.98 Å². The summed E-state index contributed by atoms with van der Waals surface area (Å²) in [7, 11) is 0. The molecule has 144 valence electrons. The van der Waals surface area contributed by atoms with Crippen molar-refractivity contribution in [3.63, 3.8) is 0 Å². The number of nitrogens with zero attached hydrogens (tertiary/aromatic N) is 1. The molecule has 1 amide bonds. The molecular formula is C19H13F3N2O3S. The van der Waals surface area contributed by atoms with Crippen LogP contribution in [0.5, 0.6) is 0 Å². The second-order valence-corrected chi connectivity index (χ2v) is 6.71. The van der Waals surface area contributed by atoms with E-state index >= 15 is 0 Å². The van der Waals surface area contributed by atoms with Gasteiger partial charge >= 0.3 is 5.97 Å². The molecule has 1 atom stereocenters. The number of carbonyl (C=O) groups excluding carboxylic acids is 2. The maximum atomic E-state index is 13.6. The molecule has 3 rings (SSSR count). The van der Waals surface area contributed by atoms with Crippen LogP contribution in [-0.4, -0.2) is 23.0 Å². The first-order chi connectivity index (χ1) is 13.3. The average molecular weight is 406 g/mol. The zero-order valence-electron chi connectivity index (χ0n) is 14.4. The molecule has 28 heavy (non-hydrogen) atoms. The number of halogens is 3. The summed E-state index contributed by atoms with van der Waals surface area (Å²) in [5, 5.41) is 2.63. The Morgan fingerprint density at radius 3 is 2.64 bits per heavy atom. The third kappa shape index (κ3) is 4.37. The van der Waals surface area contributed by atoms with Gasteiger partial charge in [0.2, 0.25) is 0 Å². The Morgan fingerprint density at radius 1 is 1.14 bits per heavy atom. The Hall–Kier alpha value is -3.20. The molecule has 0 saturated carbocycles.